The number of aliphatic hydroxyl groups excluding tert-OH is 1. The number of ether oxygens (including phenoxy) is 1. The Hall–Kier alpha value is -1.66. The third-order valence-corrected chi connectivity index (χ3v) is 3.11. The van der Waals surface area contributed by atoms with Crippen molar-refractivity contribution in [2.75, 3.05) is 13.7 Å². The minimum absolute atomic E-state index is 0.177. The highest BCUT2D eigenvalue weighted by molar-refractivity contribution is 5.82. The molecule has 1 aromatic carbocycles. The second-order valence-corrected chi connectivity index (χ2v) is 4.54. The number of carbonyl (C=O) groups excluding carboxylic acids is 1. The molecule has 0 unspecified atom stereocenters. The van der Waals surface area contributed by atoms with Crippen molar-refractivity contribution in [1.82, 2.24) is 10.6 Å². The summed E-state index contributed by atoms with van der Waals surface area (Å²) in [6.07, 6.45) is -0.0720. The number of aliphatic hydroxyl groups is 1. The standard InChI is InChI=1S/C13H17FN2O3/c1-19-12-3-2-8(4-10(12)14)6-16-13(18)11-5-9(17)7-15-11/h2-4,9,11,15,17H,5-7H2,1H3,(H,16,18)/t9-,11+/m1/s1. The lowest BCUT2D eigenvalue weighted by Gasteiger charge is -2.11. The van der Waals surface area contributed by atoms with Crippen LogP contribution in [0.5, 0.6) is 5.75 Å². The van der Waals surface area contributed by atoms with Crippen LogP contribution in [-0.4, -0.2) is 36.8 Å². The molecule has 0 spiro atoms. The topological polar surface area (TPSA) is 70.6 Å². The van der Waals surface area contributed by atoms with Gasteiger partial charge in [0.05, 0.1) is 19.3 Å². The number of amides is 1. The molecule has 3 N–H and O–H groups in total. The van der Waals surface area contributed by atoms with E-state index in [0.29, 0.717) is 18.5 Å². The van der Waals surface area contributed by atoms with Crippen LogP contribution in [0.3, 0.4) is 0 Å². The molecule has 5 nitrogen and oxygen atoms in total. The van der Waals surface area contributed by atoms with E-state index in [1.165, 1.54) is 19.2 Å². The summed E-state index contributed by atoms with van der Waals surface area (Å²) in [6, 6.07) is 4.17. The monoisotopic (exact) mass is 268 g/mol. The summed E-state index contributed by atoms with van der Waals surface area (Å²) < 4.78 is 18.3. The molecule has 0 aliphatic carbocycles. The summed E-state index contributed by atoms with van der Waals surface area (Å²) in [4.78, 5) is 11.8. The largest absolute Gasteiger partial charge is 0.494 e. The fraction of sp³-hybridized carbons (Fsp3) is 0.462. The highest BCUT2D eigenvalue weighted by Crippen LogP contribution is 2.17. The first kappa shape index (κ1) is 13.8. The maximum Gasteiger partial charge on any atom is 0.237 e. The molecular weight excluding hydrogens is 251 g/mol. The number of carbonyl (C=O) groups is 1. The first-order valence-electron chi connectivity index (χ1n) is 6.11. The van der Waals surface area contributed by atoms with Gasteiger partial charge in [-0.1, -0.05) is 6.07 Å². The zero-order valence-electron chi connectivity index (χ0n) is 10.6. The molecule has 1 fully saturated rings. The summed E-state index contributed by atoms with van der Waals surface area (Å²) in [5.74, 6) is -0.466. The van der Waals surface area contributed by atoms with Gasteiger partial charge in [-0.2, -0.15) is 0 Å². The summed E-state index contributed by atoms with van der Waals surface area (Å²) in [7, 11) is 1.40. The Kier molecular flexibility index (Phi) is 4.34. The van der Waals surface area contributed by atoms with E-state index in [1.807, 2.05) is 0 Å². The third kappa shape index (κ3) is 3.42. The Morgan fingerprint density at radius 3 is 3.00 bits per heavy atom. The maximum atomic E-state index is 13.4. The third-order valence-electron chi connectivity index (χ3n) is 3.11. The van der Waals surface area contributed by atoms with Crippen molar-refractivity contribution >= 4 is 5.91 Å². The smallest absolute Gasteiger partial charge is 0.237 e. The van der Waals surface area contributed by atoms with E-state index >= 15 is 0 Å². The van der Waals surface area contributed by atoms with Gasteiger partial charge < -0.3 is 20.5 Å². The average Bonchev–Trinajstić information content (AvgIpc) is 2.83. The molecule has 0 bridgehead atoms. The first-order valence-corrected chi connectivity index (χ1v) is 6.11. The van der Waals surface area contributed by atoms with Crippen molar-refractivity contribution in [2.24, 2.45) is 0 Å². The van der Waals surface area contributed by atoms with Gasteiger partial charge in [-0.3, -0.25) is 4.79 Å². The second kappa shape index (κ2) is 5.99. The van der Waals surface area contributed by atoms with E-state index in [9.17, 15) is 14.3 Å². The van der Waals surface area contributed by atoms with Gasteiger partial charge >= 0.3 is 0 Å². The van der Waals surface area contributed by atoms with Crippen molar-refractivity contribution in [3.8, 4) is 5.75 Å². The molecule has 19 heavy (non-hydrogen) atoms. The van der Waals surface area contributed by atoms with Gasteiger partial charge in [0.2, 0.25) is 5.91 Å². The quantitative estimate of drug-likeness (QED) is 0.728. The van der Waals surface area contributed by atoms with Crippen LogP contribution in [0, 0.1) is 5.82 Å². The molecule has 1 aliphatic rings. The molecule has 0 radical (unpaired) electrons. The van der Waals surface area contributed by atoms with Crippen LogP contribution in [0.25, 0.3) is 0 Å². The lowest BCUT2D eigenvalue weighted by atomic mass is 10.1. The predicted molar refractivity (Wildman–Crippen MR) is 67.2 cm³/mol. The number of methoxy groups -OCH3 is 1. The number of β-amino-alcohol motifs (C(OH)–C–C–N with tert-alkyl or cyclic N) is 1. The average molecular weight is 268 g/mol. The fourth-order valence-electron chi connectivity index (χ4n) is 2.05. The Morgan fingerprint density at radius 1 is 1.63 bits per heavy atom. The Labute approximate surface area is 110 Å². The van der Waals surface area contributed by atoms with Crippen molar-refractivity contribution in [3.63, 3.8) is 0 Å². The minimum atomic E-state index is -0.478. The predicted octanol–water partition coefficient (Wildman–Crippen LogP) is 0.173. The molecule has 1 amide bonds. The molecular formula is C13H17FN2O3. The lowest BCUT2D eigenvalue weighted by Crippen LogP contribution is -2.40. The molecule has 2 atom stereocenters. The molecule has 1 saturated heterocycles. The van der Waals surface area contributed by atoms with E-state index in [0.717, 1.165) is 0 Å². The van der Waals surface area contributed by atoms with Crippen LogP contribution in [0.15, 0.2) is 18.2 Å². The van der Waals surface area contributed by atoms with E-state index in [4.69, 9.17) is 4.74 Å². The number of halogens is 1. The number of benzene rings is 1. The molecule has 0 aromatic heterocycles. The summed E-state index contributed by atoms with van der Waals surface area (Å²) in [5.41, 5.74) is 0.658. The van der Waals surface area contributed by atoms with Crippen LogP contribution in [0.4, 0.5) is 4.39 Å². The van der Waals surface area contributed by atoms with Gasteiger partial charge in [-0.15, -0.1) is 0 Å². The van der Waals surface area contributed by atoms with E-state index in [2.05, 4.69) is 10.6 Å². The highest BCUT2D eigenvalue weighted by Gasteiger charge is 2.27. The number of nitrogens with one attached hydrogen (secondary N) is 2. The van der Waals surface area contributed by atoms with Gasteiger partial charge in [-0.25, -0.2) is 4.39 Å². The molecule has 104 valence electrons. The van der Waals surface area contributed by atoms with E-state index < -0.39 is 11.9 Å². The molecule has 1 aromatic rings. The van der Waals surface area contributed by atoms with Crippen molar-refractivity contribution in [3.05, 3.63) is 29.6 Å². The molecule has 2 rings (SSSR count). The normalized spacial score (nSPS) is 22.3. The second-order valence-electron chi connectivity index (χ2n) is 4.54. The van der Waals surface area contributed by atoms with Crippen molar-refractivity contribution in [2.45, 2.75) is 25.1 Å². The molecule has 1 heterocycles. The zero-order valence-corrected chi connectivity index (χ0v) is 10.6. The number of hydrogen-bond acceptors (Lipinski definition) is 4. The van der Waals surface area contributed by atoms with Crippen LogP contribution in [0.1, 0.15) is 12.0 Å². The van der Waals surface area contributed by atoms with Gasteiger partial charge in [0.15, 0.2) is 11.6 Å². The summed E-state index contributed by atoms with van der Waals surface area (Å²) >= 11 is 0. The molecule has 6 heteroatoms. The summed E-state index contributed by atoms with van der Waals surface area (Å²) in [6.45, 7) is 0.670. The van der Waals surface area contributed by atoms with Gasteiger partial charge in [0, 0.05) is 13.1 Å². The fourth-order valence-corrected chi connectivity index (χ4v) is 2.05. The van der Waals surface area contributed by atoms with Crippen LogP contribution in [0.2, 0.25) is 0 Å². The number of rotatable bonds is 4. The molecule has 0 saturated carbocycles. The van der Waals surface area contributed by atoms with Gasteiger partial charge in [0.1, 0.15) is 0 Å². The number of hydrogen-bond donors (Lipinski definition) is 3. The van der Waals surface area contributed by atoms with Crippen LogP contribution >= 0.6 is 0 Å². The van der Waals surface area contributed by atoms with E-state index in [1.54, 1.807) is 6.07 Å². The highest BCUT2D eigenvalue weighted by atomic mass is 19.1. The lowest BCUT2D eigenvalue weighted by molar-refractivity contribution is -0.123. The minimum Gasteiger partial charge on any atom is -0.494 e. The maximum absolute atomic E-state index is 13.4. The van der Waals surface area contributed by atoms with Crippen molar-refractivity contribution in [1.29, 1.82) is 0 Å². The van der Waals surface area contributed by atoms with Crippen LogP contribution in [-0.2, 0) is 11.3 Å². The van der Waals surface area contributed by atoms with Crippen molar-refractivity contribution < 1.29 is 19.0 Å². The zero-order chi connectivity index (χ0) is 13.8. The summed E-state index contributed by atoms with van der Waals surface area (Å²) in [5, 5.41) is 14.9. The van der Waals surface area contributed by atoms with Gasteiger partial charge in [-0.05, 0) is 24.1 Å². The van der Waals surface area contributed by atoms with E-state index in [-0.39, 0.29) is 24.2 Å². The Balaban J connectivity index is 1.88. The first-order chi connectivity index (χ1) is 9.10. The van der Waals surface area contributed by atoms with Gasteiger partial charge in [0.25, 0.3) is 0 Å². The molecule has 1 aliphatic heterocycles. The SMILES string of the molecule is COc1ccc(CNC(=O)[C@@H]2C[C@@H](O)CN2)cc1F. The Bertz CT molecular complexity index is 467. The van der Waals surface area contributed by atoms with Crippen LogP contribution < -0.4 is 15.4 Å². The Morgan fingerprint density at radius 2 is 2.42 bits per heavy atom.